The van der Waals surface area contributed by atoms with Crippen LogP contribution in [0, 0.1) is 17.1 Å². The zero-order valence-electron chi connectivity index (χ0n) is 16.6. The van der Waals surface area contributed by atoms with Crippen LogP contribution >= 0.6 is 0 Å². The molecule has 0 spiro atoms. The molecule has 2 aromatic rings. The van der Waals surface area contributed by atoms with E-state index in [2.05, 4.69) is 0 Å². The lowest BCUT2D eigenvalue weighted by Gasteiger charge is -2.34. The van der Waals surface area contributed by atoms with Crippen LogP contribution in [0.5, 0.6) is 11.5 Å². The van der Waals surface area contributed by atoms with E-state index in [1.807, 2.05) is 11.0 Å². The van der Waals surface area contributed by atoms with E-state index < -0.39 is 0 Å². The fourth-order valence-corrected chi connectivity index (χ4v) is 3.68. The molecule has 1 aliphatic carbocycles. The van der Waals surface area contributed by atoms with Crippen molar-refractivity contribution in [1.82, 2.24) is 4.90 Å². The predicted octanol–water partition coefficient (Wildman–Crippen LogP) is 4.45. The van der Waals surface area contributed by atoms with Gasteiger partial charge in [0.25, 0.3) is 5.91 Å². The van der Waals surface area contributed by atoms with Crippen LogP contribution in [-0.4, -0.2) is 30.6 Å². The number of rotatable bonds is 7. The van der Waals surface area contributed by atoms with Crippen molar-refractivity contribution in [3.05, 3.63) is 59.4 Å². The van der Waals surface area contributed by atoms with Crippen molar-refractivity contribution in [2.75, 3.05) is 13.7 Å². The van der Waals surface area contributed by atoms with Crippen molar-refractivity contribution in [1.29, 1.82) is 5.26 Å². The van der Waals surface area contributed by atoms with Crippen molar-refractivity contribution in [2.24, 2.45) is 0 Å². The van der Waals surface area contributed by atoms with Crippen LogP contribution in [0.4, 0.5) is 4.39 Å². The Labute approximate surface area is 170 Å². The predicted molar refractivity (Wildman–Crippen MR) is 107 cm³/mol. The first kappa shape index (κ1) is 20.7. The standard InChI is InChI=1S/C23H25FN2O3/c1-28-22-13-18(14-25)9-12-21(22)29-16-23(27)26(20-5-3-2-4-6-20)15-17-7-10-19(24)11-8-17/h7-13,20H,2-6,15-16H2,1H3. The average Bonchev–Trinajstić information content (AvgIpc) is 2.77. The average molecular weight is 396 g/mol. The highest BCUT2D eigenvalue weighted by Crippen LogP contribution is 2.29. The fraction of sp³-hybridized carbons (Fsp3) is 0.391. The molecule has 0 aromatic heterocycles. The molecule has 0 unspecified atom stereocenters. The van der Waals surface area contributed by atoms with Crippen molar-refractivity contribution in [2.45, 2.75) is 44.7 Å². The Morgan fingerprint density at radius 2 is 1.86 bits per heavy atom. The summed E-state index contributed by atoms with van der Waals surface area (Å²) < 4.78 is 24.2. The third-order valence-electron chi connectivity index (χ3n) is 5.25. The van der Waals surface area contributed by atoms with Crippen LogP contribution in [0.1, 0.15) is 43.2 Å². The second-order valence-electron chi connectivity index (χ2n) is 7.21. The van der Waals surface area contributed by atoms with E-state index in [9.17, 15) is 9.18 Å². The van der Waals surface area contributed by atoms with Gasteiger partial charge in [-0.1, -0.05) is 31.4 Å². The smallest absolute Gasteiger partial charge is 0.261 e. The minimum absolute atomic E-state index is 0.118. The summed E-state index contributed by atoms with van der Waals surface area (Å²) in [5.41, 5.74) is 1.35. The van der Waals surface area contributed by atoms with Gasteiger partial charge in [0.15, 0.2) is 18.1 Å². The number of carbonyl (C=O) groups excluding carboxylic acids is 1. The largest absolute Gasteiger partial charge is 0.493 e. The summed E-state index contributed by atoms with van der Waals surface area (Å²) in [5.74, 6) is 0.429. The molecule has 1 saturated carbocycles. The van der Waals surface area contributed by atoms with Crippen LogP contribution in [0.3, 0.4) is 0 Å². The summed E-state index contributed by atoms with van der Waals surface area (Å²) in [7, 11) is 1.49. The lowest BCUT2D eigenvalue weighted by molar-refractivity contribution is -0.137. The van der Waals surface area contributed by atoms with Crippen LogP contribution in [0.15, 0.2) is 42.5 Å². The fourth-order valence-electron chi connectivity index (χ4n) is 3.68. The molecular formula is C23H25FN2O3. The van der Waals surface area contributed by atoms with E-state index >= 15 is 0 Å². The summed E-state index contributed by atoms with van der Waals surface area (Å²) in [5, 5.41) is 9.01. The number of amides is 1. The Kier molecular flexibility index (Phi) is 7.07. The van der Waals surface area contributed by atoms with Crippen LogP contribution in [0.25, 0.3) is 0 Å². The molecule has 152 valence electrons. The van der Waals surface area contributed by atoms with E-state index in [1.165, 1.54) is 25.7 Å². The minimum atomic E-state index is -0.291. The topological polar surface area (TPSA) is 62.6 Å². The van der Waals surface area contributed by atoms with Gasteiger partial charge in [0, 0.05) is 18.7 Å². The molecule has 6 heteroatoms. The van der Waals surface area contributed by atoms with Crippen LogP contribution in [-0.2, 0) is 11.3 Å². The molecular weight excluding hydrogens is 371 g/mol. The lowest BCUT2D eigenvalue weighted by Crippen LogP contribution is -2.43. The molecule has 0 atom stereocenters. The van der Waals surface area contributed by atoms with Gasteiger partial charge in [-0.05, 0) is 42.7 Å². The first-order valence-corrected chi connectivity index (χ1v) is 9.85. The molecule has 0 radical (unpaired) electrons. The second kappa shape index (κ2) is 9.92. The Balaban J connectivity index is 1.72. The molecule has 0 heterocycles. The van der Waals surface area contributed by atoms with Gasteiger partial charge in [0.2, 0.25) is 0 Å². The van der Waals surface area contributed by atoms with E-state index in [4.69, 9.17) is 14.7 Å². The number of benzene rings is 2. The highest BCUT2D eigenvalue weighted by atomic mass is 19.1. The third-order valence-corrected chi connectivity index (χ3v) is 5.25. The highest BCUT2D eigenvalue weighted by Gasteiger charge is 2.26. The van der Waals surface area contributed by atoms with Gasteiger partial charge >= 0.3 is 0 Å². The Hall–Kier alpha value is -3.07. The maximum absolute atomic E-state index is 13.2. The Morgan fingerprint density at radius 3 is 2.52 bits per heavy atom. The number of nitriles is 1. The quantitative estimate of drug-likeness (QED) is 0.694. The Bertz CT molecular complexity index is 871. The molecule has 29 heavy (non-hydrogen) atoms. The summed E-state index contributed by atoms with van der Waals surface area (Å²) in [6.45, 7) is 0.303. The number of hydrogen-bond donors (Lipinski definition) is 0. The molecule has 0 bridgehead atoms. The van der Waals surface area contributed by atoms with Crippen molar-refractivity contribution < 1.29 is 18.7 Å². The summed E-state index contributed by atoms with van der Waals surface area (Å²) in [4.78, 5) is 14.9. The molecule has 1 amide bonds. The van der Waals surface area contributed by atoms with Gasteiger partial charge in [-0.3, -0.25) is 4.79 Å². The second-order valence-corrected chi connectivity index (χ2v) is 7.21. The van der Waals surface area contributed by atoms with Crippen molar-refractivity contribution in [3.8, 4) is 17.6 Å². The molecule has 2 aromatic carbocycles. The van der Waals surface area contributed by atoms with Crippen molar-refractivity contribution in [3.63, 3.8) is 0 Å². The number of carbonyl (C=O) groups is 1. The van der Waals surface area contributed by atoms with Gasteiger partial charge < -0.3 is 14.4 Å². The molecule has 1 aliphatic rings. The van der Waals surface area contributed by atoms with E-state index in [0.717, 1.165) is 31.2 Å². The minimum Gasteiger partial charge on any atom is -0.493 e. The van der Waals surface area contributed by atoms with E-state index in [-0.39, 0.29) is 24.4 Å². The molecule has 0 aliphatic heterocycles. The summed E-state index contributed by atoms with van der Waals surface area (Å²) >= 11 is 0. The maximum Gasteiger partial charge on any atom is 0.261 e. The number of halogens is 1. The first-order valence-electron chi connectivity index (χ1n) is 9.85. The summed E-state index contributed by atoms with van der Waals surface area (Å²) in [6, 6.07) is 13.3. The monoisotopic (exact) mass is 396 g/mol. The number of ether oxygens (including phenoxy) is 2. The first-order chi connectivity index (χ1) is 14.1. The molecule has 5 nitrogen and oxygen atoms in total. The lowest BCUT2D eigenvalue weighted by atomic mass is 9.93. The normalized spacial score (nSPS) is 14.1. The van der Waals surface area contributed by atoms with Gasteiger partial charge in [0.05, 0.1) is 18.7 Å². The Morgan fingerprint density at radius 1 is 1.14 bits per heavy atom. The van der Waals surface area contributed by atoms with Gasteiger partial charge in [-0.2, -0.15) is 5.26 Å². The maximum atomic E-state index is 13.2. The van der Waals surface area contributed by atoms with Gasteiger partial charge in [-0.15, -0.1) is 0 Å². The van der Waals surface area contributed by atoms with Gasteiger partial charge in [-0.25, -0.2) is 4.39 Å². The number of nitrogens with zero attached hydrogens (tertiary/aromatic N) is 2. The van der Waals surface area contributed by atoms with Crippen LogP contribution in [0.2, 0.25) is 0 Å². The van der Waals surface area contributed by atoms with Crippen LogP contribution < -0.4 is 9.47 Å². The molecule has 3 rings (SSSR count). The van der Waals surface area contributed by atoms with E-state index in [1.54, 1.807) is 30.3 Å². The van der Waals surface area contributed by atoms with E-state index in [0.29, 0.717) is 23.6 Å². The summed E-state index contributed by atoms with van der Waals surface area (Å²) in [6.07, 6.45) is 5.32. The molecule has 0 saturated heterocycles. The third kappa shape index (κ3) is 5.47. The van der Waals surface area contributed by atoms with Crippen molar-refractivity contribution >= 4 is 5.91 Å². The number of methoxy groups -OCH3 is 1. The molecule has 1 fully saturated rings. The SMILES string of the molecule is COc1cc(C#N)ccc1OCC(=O)N(Cc1ccc(F)cc1)C1CCCCC1. The van der Waals surface area contributed by atoms with Gasteiger partial charge in [0.1, 0.15) is 5.82 Å². The highest BCUT2D eigenvalue weighted by molar-refractivity contribution is 5.78. The zero-order chi connectivity index (χ0) is 20.6. The number of hydrogen-bond acceptors (Lipinski definition) is 4. The molecule has 0 N–H and O–H groups in total. The zero-order valence-corrected chi connectivity index (χ0v) is 16.6.